The highest BCUT2D eigenvalue weighted by molar-refractivity contribution is 5.86. The van der Waals surface area contributed by atoms with Gasteiger partial charge in [-0.1, -0.05) is 6.92 Å². The normalized spacial score (nSPS) is 58.2. The second-order valence-corrected chi connectivity index (χ2v) is 13.7. The molecule has 3 unspecified atom stereocenters. The molecule has 39 heavy (non-hydrogen) atoms. The van der Waals surface area contributed by atoms with Gasteiger partial charge >= 0.3 is 5.97 Å². The summed E-state index contributed by atoms with van der Waals surface area (Å²) in [7, 11) is 0. The molecular formula is C29H40O10. The van der Waals surface area contributed by atoms with Crippen LogP contribution in [0.3, 0.4) is 0 Å². The van der Waals surface area contributed by atoms with E-state index in [2.05, 4.69) is 0 Å². The zero-order valence-corrected chi connectivity index (χ0v) is 22.6. The highest BCUT2D eigenvalue weighted by Gasteiger charge is 2.74. The first-order chi connectivity index (χ1) is 18.4. The number of rotatable bonds is 2. The first-order valence-electron chi connectivity index (χ1n) is 14.6. The van der Waals surface area contributed by atoms with Crippen LogP contribution in [0.2, 0.25) is 0 Å². The largest absolute Gasteiger partial charge is 0.458 e. The smallest absolute Gasteiger partial charge is 0.331 e. The van der Waals surface area contributed by atoms with Crippen LogP contribution in [-0.2, 0) is 28.5 Å². The molecule has 2 saturated heterocycles. The van der Waals surface area contributed by atoms with Crippen LogP contribution in [0.5, 0.6) is 0 Å². The van der Waals surface area contributed by atoms with Crippen molar-refractivity contribution in [1.29, 1.82) is 0 Å². The Bertz CT molecular complexity index is 1110. The molecule has 6 fully saturated rings. The fourth-order valence-electron chi connectivity index (χ4n) is 10.2. The Kier molecular flexibility index (Phi) is 5.66. The first kappa shape index (κ1) is 26.5. The van der Waals surface area contributed by atoms with Crippen molar-refractivity contribution in [3.8, 4) is 0 Å². The molecule has 4 aliphatic carbocycles. The number of aliphatic hydroxyl groups excluding tert-OH is 1. The summed E-state index contributed by atoms with van der Waals surface area (Å²) >= 11 is 0. The van der Waals surface area contributed by atoms with Crippen molar-refractivity contribution in [2.75, 3.05) is 6.61 Å². The van der Waals surface area contributed by atoms with Gasteiger partial charge in [0.2, 0.25) is 12.1 Å². The Morgan fingerprint density at radius 3 is 2.51 bits per heavy atom. The number of ether oxygens (including phenoxy) is 4. The topological polar surface area (TPSA) is 152 Å². The van der Waals surface area contributed by atoms with Crippen molar-refractivity contribution in [3.63, 3.8) is 0 Å². The maximum atomic E-state index is 13.1. The van der Waals surface area contributed by atoms with Crippen LogP contribution in [0.15, 0.2) is 11.6 Å². The quantitative estimate of drug-likeness (QED) is 0.224. The van der Waals surface area contributed by atoms with E-state index in [0.717, 1.165) is 19.1 Å². The lowest BCUT2D eigenvalue weighted by atomic mass is 9.42. The molecule has 0 aromatic heterocycles. The molecule has 10 heteroatoms. The molecule has 7 rings (SSSR count). The summed E-state index contributed by atoms with van der Waals surface area (Å²) in [5.41, 5.74) is -3.71. The van der Waals surface area contributed by atoms with Gasteiger partial charge in [-0.3, -0.25) is 0 Å². The Hall–Kier alpha value is -1.40. The van der Waals surface area contributed by atoms with Crippen molar-refractivity contribution in [3.05, 3.63) is 11.6 Å². The van der Waals surface area contributed by atoms with Crippen LogP contribution >= 0.6 is 0 Å². The van der Waals surface area contributed by atoms with Crippen LogP contribution in [0, 0.1) is 28.6 Å². The number of hydrogen-bond donors (Lipinski definition) is 4. The Morgan fingerprint density at radius 1 is 1.00 bits per heavy atom. The van der Waals surface area contributed by atoms with Gasteiger partial charge in [0.25, 0.3) is 0 Å². The van der Waals surface area contributed by atoms with Gasteiger partial charge in [0.1, 0.15) is 19.0 Å². The monoisotopic (exact) mass is 548 g/mol. The molecule has 7 aliphatic rings. The fourth-order valence-corrected chi connectivity index (χ4v) is 10.2. The van der Waals surface area contributed by atoms with Gasteiger partial charge in [0.05, 0.1) is 29.5 Å². The summed E-state index contributed by atoms with van der Waals surface area (Å²) < 4.78 is 23.3. The highest BCUT2D eigenvalue weighted by atomic mass is 16.8. The van der Waals surface area contributed by atoms with Gasteiger partial charge in [-0.25, -0.2) is 4.79 Å². The van der Waals surface area contributed by atoms with Gasteiger partial charge in [0, 0.05) is 28.9 Å². The Labute approximate surface area is 227 Å². The summed E-state index contributed by atoms with van der Waals surface area (Å²) in [6, 6.07) is 0. The van der Waals surface area contributed by atoms with Gasteiger partial charge in [-0.15, -0.1) is 0 Å². The molecular weight excluding hydrogens is 508 g/mol. The van der Waals surface area contributed by atoms with E-state index in [9.17, 15) is 30.0 Å². The molecule has 0 radical (unpaired) electrons. The fraction of sp³-hybridized carbons (Fsp3) is 0.862. The van der Waals surface area contributed by atoms with Crippen LogP contribution in [0.1, 0.15) is 71.6 Å². The minimum Gasteiger partial charge on any atom is -0.458 e. The molecule has 10 nitrogen and oxygen atoms in total. The average Bonchev–Trinajstić information content (AvgIpc) is 3.42. The number of hydrogen-bond acceptors (Lipinski definition) is 10. The first-order valence-corrected chi connectivity index (χ1v) is 14.6. The third-order valence-corrected chi connectivity index (χ3v) is 12.3. The molecule has 4 saturated carbocycles. The minimum absolute atomic E-state index is 0.0232. The zero-order chi connectivity index (χ0) is 27.6. The highest BCUT2D eigenvalue weighted by Crippen LogP contribution is 2.71. The maximum absolute atomic E-state index is 13.1. The Morgan fingerprint density at radius 2 is 1.79 bits per heavy atom. The summed E-state index contributed by atoms with van der Waals surface area (Å²) in [4.78, 5) is 25.0. The van der Waals surface area contributed by atoms with Crippen LogP contribution in [0.25, 0.3) is 0 Å². The lowest BCUT2D eigenvalue weighted by Crippen LogP contribution is -2.71. The third kappa shape index (κ3) is 3.22. The molecule has 0 aromatic carbocycles. The van der Waals surface area contributed by atoms with Gasteiger partial charge in [-0.2, -0.15) is 0 Å². The number of carbonyl (C=O) groups is 2. The maximum Gasteiger partial charge on any atom is 0.331 e. The molecule has 0 amide bonds. The number of aldehydes is 1. The number of aliphatic hydroxyl groups is 4. The van der Waals surface area contributed by atoms with Crippen LogP contribution < -0.4 is 0 Å². The van der Waals surface area contributed by atoms with Gasteiger partial charge < -0.3 is 44.2 Å². The summed E-state index contributed by atoms with van der Waals surface area (Å²) in [5, 5.41) is 46.4. The summed E-state index contributed by atoms with van der Waals surface area (Å²) in [6.45, 7) is 3.78. The number of esters is 1. The summed E-state index contributed by atoms with van der Waals surface area (Å²) in [6.07, 6.45) is 3.29. The van der Waals surface area contributed by atoms with Crippen LogP contribution in [-0.4, -0.2) is 87.0 Å². The molecule has 3 aliphatic heterocycles. The third-order valence-electron chi connectivity index (χ3n) is 12.3. The van der Waals surface area contributed by atoms with Gasteiger partial charge in [0.15, 0.2) is 0 Å². The number of fused-ring (bicyclic) bond motifs is 7. The van der Waals surface area contributed by atoms with Crippen molar-refractivity contribution < 1.29 is 49.0 Å². The van der Waals surface area contributed by atoms with Crippen molar-refractivity contribution >= 4 is 12.3 Å². The van der Waals surface area contributed by atoms with E-state index >= 15 is 0 Å². The minimum atomic E-state index is -2.00. The van der Waals surface area contributed by atoms with Crippen molar-refractivity contribution in [2.45, 2.75) is 119 Å². The Balaban J connectivity index is 1.20. The predicted octanol–water partition coefficient (Wildman–Crippen LogP) is 1.12. The SMILES string of the molecule is C[C@H]1C[C@H](O)[C@@]2(O)O[C@H]3C[C@]4(C=O)C(CC[C@H]5C4CC[C@@]4(C)[C@](O)(C6=CC(=O)OC6)CC[C@@]54O)C[C@@H]3OC2O1. The van der Waals surface area contributed by atoms with E-state index < -0.39 is 52.3 Å². The van der Waals surface area contributed by atoms with Crippen molar-refractivity contribution in [1.82, 2.24) is 0 Å². The molecule has 3 heterocycles. The van der Waals surface area contributed by atoms with E-state index in [1.807, 2.05) is 13.8 Å². The van der Waals surface area contributed by atoms with Gasteiger partial charge in [-0.05, 0) is 76.0 Å². The number of cyclic esters (lactones) is 1. The average molecular weight is 549 g/mol. The van der Waals surface area contributed by atoms with Crippen LogP contribution in [0.4, 0.5) is 0 Å². The molecule has 0 bridgehead atoms. The number of carbonyl (C=O) groups excluding carboxylic acids is 2. The van der Waals surface area contributed by atoms with E-state index in [0.29, 0.717) is 44.1 Å². The van der Waals surface area contributed by atoms with E-state index in [1.54, 1.807) is 0 Å². The predicted molar refractivity (Wildman–Crippen MR) is 133 cm³/mol. The lowest BCUT2D eigenvalue weighted by Gasteiger charge is -2.65. The van der Waals surface area contributed by atoms with E-state index in [1.165, 1.54) is 6.08 Å². The molecule has 13 atom stereocenters. The van der Waals surface area contributed by atoms with E-state index in [4.69, 9.17) is 18.9 Å². The molecule has 0 spiro atoms. The van der Waals surface area contributed by atoms with E-state index in [-0.39, 0.29) is 43.0 Å². The zero-order valence-electron chi connectivity index (χ0n) is 22.6. The lowest BCUT2D eigenvalue weighted by molar-refractivity contribution is -0.457. The second kappa shape index (κ2) is 8.33. The molecule has 0 aromatic rings. The summed E-state index contributed by atoms with van der Waals surface area (Å²) in [5.74, 6) is -2.79. The second-order valence-electron chi connectivity index (χ2n) is 13.7. The molecule has 4 N–H and O–H groups in total. The standard InChI is InChI=1S/C29H40O10/c1-15-9-22(31)29(35)24(37-15)38-20-10-16-3-4-19-18(26(16,14-30)12-21(20)39-29)5-6-25(2)27(33,7-8-28(19,25)34)17-11-23(32)36-13-17/h11,14-16,18-22,24,31,33-35H,3-10,12-13H2,1-2H3/t15-,16?,18?,19-,20-,21-,22-,24?,25-,26-,27+,28+,29+/m0/s1. The molecule has 216 valence electrons. The van der Waals surface area contributed by atoms with Crippen molar-refractivity contribution in [2.24, 2.45) is 28.6 Å².